The van der Waals surface area contributed by atoms with E-state index in [9.17, 15) is 0 Å². The first-order valence-corrected chi connectivity index (χ1v) is 12.7. The third-order valence-corrected chi connectivity index (χ3v) is 14.6. The van der Waals surface area contributed by atoms with E-state index in [1.165, 1.54) is 19.4 Å². The quantitative estimate of drug-likeness (QED) is 0.758. The highest BCUT2D eigenvalue weighted by atomic mass is 28.4. The number of hydrogen-bond donors (Lipinski definition) is 0. The van der Waals surface area contributed by atoms with Crippen LogP contribution < -0.4 is 10.4 Å². The normalized spacial score (nSPS) is 21.5. The van der Waals surface area contributed by atoms with Crippen LogP contribution in [0.5, 0.6) is 0 Å². The lowest BCUT2D eigenvalue weighted by atomic mass is 10.3. The Kier molecular flexibility index (Phi) is 3.36. The third kappa shape index (κ3) is 1.94. The Labute approximate surface area is 108 Å². The molecule has 1 aromatic rings. The standard InChI is InChI=1S/C14H25NSi2/c1-6-7-12-15-16(2,3)13-10-8-9-11-14(13)17(15,4)5/h8-11H,6-7,12H2,1-5H3. The summed E-state index contributed by atoms with van der Waals surface area (Å²) in [5, 5.41) is 3.40. The summed E-state index contributed by atoms with van der Waals surface area (Å²) in [5.41, 5.74) is 0. The molecular formula is C14H25NSi2. The monoisotopic (exact) mass is 263 g/mol. The summed E-state index contributed by atoms with van der Waals surface area (Å²) in [4.78, 5) is 0. The van der Waals surface area contributed by atoms with Crippen LogP contribution in [0.4, 0.5) is 0 Å². The summed E-state index contributed by atoms with van der Waals surface area (Å²) in [6.07, 6.45) is 2.66. The van der Waals surface area contributed by atoms with E-state index in [1.54, 1.807) is 10.4 Å². The SMILES string of the molecule is CCCCN1[Si](C)(C)c2ccccc2[Si]1(C)C. The molecule has 0 atom stereocenters. The second-order valence-corrected chi connectivity index (χ2v) is 15.0. The fraction of sp³-hybridized carbons (Fsp3) is 0.571. The van der Waals surface area contributed by atoms with Crippen molar-refractivity contribution in [2.45, 2.75) is 46.0 Å². The van der Waals surface area contributed by atoms with Gasteiger partial charge in [-0.3, -0.25) is 0 Å². The average molecular weight is 264 g/mol. The summed E-state index contributed by atoms with van der Waals surface area (Å²) in [7, 11) is -2.74. The lowest BCUT2D eigenvalue weighted by molar-refractivity contribution is 0.587. The van der Waals surface area contributed by atoms with E-state index < -0.39 is 16.5 Å². The van der Waals surface area contributed by atoms with Crippen LogP contribution in [0, 0.1) is 0 Å². The van der Waals surface area contributed by atoms with Crippen LogP contribution in [0.25, 0.3) is 0 Å². The minimum Gasteiger partial charge on any atom is -0.339 e. The van der Waals surface area contributed by atoms with Crippen molar-refractivity contribution >= 4 is 26.8 Å². The zero-order chi connectivity index (χ0) is 12.7. The van der Waals surface area contributed by atoms with Crippen molar-refractivity contribution in [3.8, 4) is 0 Å². The Hall–Kier alpha value is -0.386. The van der Waals surface area contributed by atoms with Gasteiger partial charge in [0, 0.05) is 0 Å². The van der Waals surface area contributed by atoms with Crippen LogP contribution in [0.1, 0.15) is 19.8 Å². The van der Waals surface area contributed by atoms with Gasteiger partial charge in [0.2, 0.25) is 0 Å². The second-order valence-electron chi connectivity index (χ2n) is 6.17. The van der Waals surface area contributed by atoms with Crippen LogP contribution in [-0.4, -0.2) is 27.2 Å². The Morgan fingerprint density at radius 3 is 1.82 bits per heavy atom. The molecule has 1 nitrogen and oxygen atoms in total. The molecule has 0 N–H and O–H groups in total. The highest BCUT2D eigenvalue weighted by molar-refractivity contribution is 7.10. The van der Waals surface area contributed by atoms with Crippen LogP contribution in [-0.2, 0) is 0 Å². The maximum atomic E-state index is 2.94. The topological polar surface area (TPSA) is 3.24 Å². The molecule has 3 heteroatoms. The van der Waals surface area contributed by atoms with Gasteiger partial charge in [0.05, 0.1) is 0 Å². The molecule has 0 amide bonds. The second kappa shape index (κ2) is 4.37. The van der Waals surface area contributed by atoms with Crippen LogP contribution >= 0.6 is 0 Å². The molecule has 0 saturated carbocycles. The predicted octanol–water partition coefficient (Wildman–Crippen LogP) is 2.63. The molecule has 0 bridgehead atoms. The maximum Gasteiger partial charge on any atom is 0.147 e. The van der Waals surface area contributed by atoms with E-state index in [0.29, 0.717) is 0 Å². The lowest BCUT2D eigenvalue weighted by Gasteiger charge is -2.39. The Balaban J connectivity index is 2.45. The molecule has 94 valence electrons. The molecule has 17 heavy (non-hydrogen) atoms. The summed E-state index contributed by atoms with van der Waals surface area (Å²) < 4.78 is 2.94. The van der Waals surface area contributed by atoms with Crippen LogP contribution in [0.3, 0.4) is 0 Å². The van der Waals surface area contributed by atoms with Gasteiger partial charge < -0.3 is 4.23 Å². The van der Waals surface area contributed by atoms with Gasteiger partial charge in [0.1, 0.15) is 16.5 Å². The fourth-order valence-corrected chi connectivity index (χ4v) is 16.1. The molecule has 0 radical (unpaired) electrons. The van der Waals surface area contributed by atoms with E-state index >= 15 is 0 Å². The molecule has 0 unspecified atom stereocenters. The van der Waals surface area contributed by atoms with Crippen molar-refractivity contribution in [3.05, 3.63) is 24.3 Å². The minimum absolute atomic E-state index is 1.31. The lowest BCUT2D eigenvalue weighted by Crippen LogP contribution is -2.60. The highest BCUT2D eigenvalue weighted by Crippen LogP contribution is 2.26. The maximum absolute atomic E-state index is 2.94. The van der Waals surface area contributed by atoms with Crippen molar-refractivity contribution in [1.29, 1.82) is 0 Å². The number of nitrogens with zero attached hydrogens (tertiary/aromatic N) is 1. The molecule has 0 aliphatic carbocycles. The highest BCUT2D eigenvalue weighted by Gasteiger charge is 2.50. The van der Waals surface area contributed by atoms with Crippen molar-refractivity contribution in [1.82, 2.24) is 4.23 Å². The smallest absolute Gasteiger partial charge is 0.147 e. The Morgan fingerprint density at radius 2 is 1.41 bits per heavy atom. The zero-order valence-corrected chi connectivity index (χ0v) is 13.9. The molecule has 0 spiro atoms. The number of benzene rings is 1. The summed E-state index contributed by atoms with van der Waals surface area (Å²) >= 11 is 0. The zero-order valence-electron chi connectivity index (χ0n) is 11.9. The number of hydrogen-bond acceptors (Lipinski definition) is 1. The molecule has 0 saturated heterocycles. The minimum atomic E-state index is -1.37. The van der Waals surface area contributed by atoms with Gasteiger partial charge in [-0.25, -0.2) is 0 Å². The summed E-state index contributed by atoms with van der Waals surface area (Å²) in [6, 6.07) is 9.23. The van der Waals surface area contributed by atoms with Crippen molar-refractivity contribution < 1.29 is 0 Å². The number of unbranched alkanes of at least 4 members (excludes halogenated alkanes) is 1. The van der Waals surface area contributed by atoms with Crippen molar-refractivity contribution in [2.24, 2.45) is 0 Å². The van der Waals surface area contributed by atoms with Crippen molar-refractivity contribution in [2.75, 3.05) is 6.54 Å². The average Bonchev–Trinajstić information content (AvgIpc) is 2.43. The van der Waals surface area contributed by atoms with Gasteiger partial charge in [-0.05, 0) is 23.3 Å². The van der Waals surface area contributed by atoms with Crippen LogP contribution in [0.2, 0.25) is 26.2 Å². The van der Waals surface area contributed by atoms with E-state index in [-0.39, 0.29) is 0 Å². The van der Waals surface area contributed by atoms with Crippen molar-refractivity contribution in [3.63, 3.8) is 0 Å². The molecule has 1 aromatic carbocycles. The molecule has 1 heterocycles. The van der Waals surface area contributed by atoms with Gasteiger partial charge in [0.25, 0.3) is 0 Å². The van der Waals surface area contributed by atoms with Gasteiger partial charge in [0.15, 0.2) is 0 Å². The number of fused-ring (bicyclic) bond motifs is 1. The van der Waals surface area contributed by atoms with Gasteiger partial charge in [-0.15, -0.1) is 0 Å². The Bertz CT molecular complexity index is 377. The molecule has 1 aliphatic heterocycles. The first-order valence-electron chi connectivity index (χ1n) is 6.80. The first kappa shape index (κ1) is 13.1. The van der Waals surface area contributed by atoms with E-state index in [2.05, 4.69) is 61.6 Å². The predicted molar refractivity (Wildman–Crippen MR) is 82.3 cm³/mol. The molecule has 0 fully saturated rings. The van der Waals surface area contributed by atoms with E-state index in [1.807, 2.05) is 0 Å². The third-order valence-electron chi connectivity index (χ3n) is 4.33. The Morgan fingerprint density at radius 1 is 0.941 bits per heavy atom. The summed E-state index contributed by atoms with van der Waals surface area (Å²) in [5.74, 6) is 0. The van der Waals surface area contributed by atoms with Gasteiger partial charge >= 0.3 is 0 Å². The van der Waals surface area contributed by atoms with E-state index in [4.69, 9.17) is 0 Å². The number of rotatable bonds is 3. The largest absolute Gasteiger partial charge is 0.339 e. The van der Waals surface area contributed by atoms with Gasteiger partial charge in [-0.1, -0.05) is 63.8 Å². The van der Waals surface area contributed by atoms with Gasteiger partial charge in [-0.2, -0.15) is 0 Å². The van der Waals surface area contributed by atoms with E-state index in [0.717, 1.165) is 0 Å². The first-order chi connectivity index (χ1) is 7.92. The molecule has 0 aromatic heterocycles. The molecule has 1 aliphatic rings. The summed E-state index contributed by atoms with van der Waals surface area (Å²) in [6.45, 7) is 13.7. The molecule has 2 rings (SSSR count). The van der Waals surface area contributed by atoms with Crippen LogP contribution in [0.15, 0.2) is 24.3 Å². The fourth-order valence-electron chi connectivity index (χ4n) is 3.41. The molecular weight excluding hydrogens is 238 g/mol.